The van der Waals surface area contributed by atoms with Crippen LogP contribution in [0.2, 0.25) is 0 Å². The highest BCUT2D eigenvalue weighted by Crippen LogP contribution is 2.39. The van der Waals surface area contributed by atoms with Crippen molar-refractivity contribution < 1.29 is 27.6 Å². The monoisotopic (exact) mass is 526 g/mol. The number of fused-ring (bicyclic) bond motifs is 1. The minimum absolute atomic E-state index is 0.000497. The SMILES string of the molecule is O=C(C1CCCN(c2cccc3c2C(=O)N(C2CC2)C3=O)C1)N1CCN(c2cccc(C(F)(F)F)c2)CC1. The Labute approximate surface area is 218 Å². The number of hydrogen-bond donors (Lipinski definition) is 0. The molecule has 3 fully saturated rings. The van der Waals surface area contributed by atoms with Crippen molar-refractivity contribution in [2.24, 2.45) is 5.92 Å². The number of anilines is 2. The standard InChI is InChI=1S/C28H29F3N4O3/c29-28(30,31)19-5-1-6-21(16-19)32-12-14-33(15-13-32)25(36)18-4-3-11-34(17-18)23-8-2-7-22-24(23)27(38)35(26(22)37)20-9-10-20/h1-2,5-8,16,18,20H,3-4,9-15,17H2. The summed E-state index contributed by atoms with van der Waals surface area (Å²) < 4.78 is 39.4. The molecule has 0 bridgehead atoms. The number of piperazine rings is 1. The van der Waals surface area contributed by atoms with Crippen molar-refractivity contribution in [1.82, 2.24) is 9.80 Å². The number of hydrogen-bond acceptors (Lipinski definition) is 5. The van der Waals surface area contributed by atoms with Crippen molar-refractivity contribution in [3.8, 4) is 0 Å². The Morgan fingerprint density at radius 1 is 0.842 bits per heavy atom. The summed E-state index contributed by atoms with van der Waals surface area (Å²) in [4.78, 5) is 46.6. The molecular weight excluding hydrogens is 497 g/mol. The lowest BCUT2D eigenvalue weighted by molar-refractivity contribution is -0.137. The summed E-state index contributed by atoms with van der Waals surface area (Å²) in [7, 11) is 0. The minimum atomic E-state index is -4.40. The largest absolute Gasteiger partial charge is 0.416 e. The molecule has 0 N–H and O–H groups in total. The molecule has 1 aliphatic carbocycles. The van der Waals surface area contributed by atoms with Crippen LogP contribution in [-0.4, -0.2) is 72.8 Å². The molecule has 0 radical (unpaired) electrons. The summed E-state index contributed by atoms with van der Waals surface area (Å²) in [5.41, 5.74) is 1.44. The van der Waals surface area contributed by atoms with Crippen LogP contribution in [0.4, 0.5) is 24.5 Å². The number of carbonyl (C=O) groups excluding carboxylic acids is 3. The molecule has 3 amide bonds. The summed E-state index contributed by atoms with van der Waals surface area (Å²) in [6.45, 7) is 2.97. The topological polar surface area (TPSA) is 64.2 Å². The van der Waals surface area contributed by atoms with E-state index in [1.54, 1.807) is 23.1 Å². The third-order valence-electron chi connectivity index (χ3n) is 8.08. The molecule has 3 aliphatic heterocycles. The quantitative estimate of drug-likeness (QED) is 0.563. The number of alkyl halides is 3. The van der Waals surface area contributed by atoms with E-state index in [0.29, 0.717) is 56.1 Å². The Morgan fingerprint density at radius 2 is 1.58 bits per heavy atom. The molecule has 1 atom stereocenters. The Kier molecular flexibility index (Phi) is 6.07. The van der Waals surface area contributed by atoms with Crippen molar-refractivity contribution in [2.75, 3.05) is 49.1 Å². The van der Waals surface area contributed by atoms with Gasteiger partial charge in [0, 0.05) is 51.0 Å². The van der Waals surface area contributed by atoms with Gasteiger partial charge in [-0.25, -0.2) is 0 Å². The Hall–Kier alpha value is -3.56. The van der Waals surface area contributed by atoms with Gasteiger partial charge in [0.15, 0.2) is 0 Å². The van der Waals surface area contributed by atoms with E-state index in [1.807, 2.05) is 11.0 Å². The number of imide groups is 1. The zero-order valence-corrected chi connectivity index (χ0v) is 20.9. The van der Waals surface area contributed by atoms with E-state index in [2.05, 4.69) is 4.90 Å². The van der Waals surface area contributed by atoms with Gasteiger partial charge in [-0.3, -0.25) is 19.3 Å². The van der Waals surface area contributed by atoms with Crippen LogP contribution in [0, 0.1) is 5.92 Å². The molecule has 3 heterocycles. The maximum Gasteiger partial charge on any atom is 0.416 e. The lowest BCUT2D eigenvalue weighted by Gasteiger charge is -2.40. The lowest BCUT2D eigenvalue weighted by atomic mass is 9.94. The number of halogens is 3. The maximum atomic E-state index is 13.5. The third-order valence-corrected chi connectivity index (χ3v) is 8.08. The molecule has 1 unspecified atom stereocenters. The summed E-state index contributed by atoms with van der Waals surface area (Å²) in [6, 6.07) is 10.7. The molecule has 0 aromatic heterocycles. The van der Waals surface area contributed by atoms with Gasteiger partial charge >= 0.3 is 6.18 Å². The zero-order chi connectivity index (χ0) is 26.6. The van der Waals surface area contributed by atoms with Crippen LogP contribution in [0.15, 0.2) is 42.5 Å². The average molecular weight is 527 g/mol. The fraction of sp³-hybridized carbons (Fsp3) is 0.464. The fourth-order valence-corrected chi connectivity index (χ4v) is 5.93. The second kappa shape index (κ2) is 9.32. The maximum absolute atomic E-state index is 13.5. The first-order valence-corrected chi connectivity index (χ1v) is 13.2. The van der Waals surface area contributed by atoms with E-state index < -0.39 is 11.7 Å². The van der Waals surface area contributed by atoms with Gasteiger partial charge in [0.05, 0.1) is 28.3 Å². The highest BCUT2D eigenvalue weighted by atomic mass is 19.4. The van der Waals surface area contributed by atoms with Crippen molar-refractivity contribution in [3.63, 3.8) is 0 Å². The molecule has 38 heavy (non-hydrogen) atoms. The van der Waals surface area contributed by atoms with Crippen LogP contribution < -0.4 is 9.80 Å². The van der Waals surface area contributed by atoms with Crippen molar-refractivity contribution in [1.29, 1.82) is 0 Å². The number of amides is 3. The molecule has 2 aromatic carbocycles. The predicted octanol–water partition coefficient (Wildman–Crippen LogP) is 4.03. The number of piperidine rings is 1. The Bertz CT molecular complexity index is 1280. The zero-order valence-electron chi connectivity index (χ0n) is 20.9. The first-order valence-electron chi connectivity index (χ1n) is 13.2. The lowest BCUT2D eigenvalue weighted by Crippen LogP contribution is -2.52. The molecule has 1 saturated carbocycles. The molecule has 10 heteroatoms. The fourth-order valence-electron chi connectivity index (χ4n) is 5.93. The third kappa shape index (κ3) is 4.39. The smallest absolute Gasteiger partial charge is 0.370 e. The van der Waals surface area contributed by atoms with Gasteiger partial charge in [-0.1, -0.05) is 12.1 Å². The number of benzene rings is 2. The number of nitrogens with zero attached hydrogens (tertiary/aromatic N) is 4. The van der Waals surface area contributed by atoms with E-state index in [1.165, 1.54) is 11.0 Å². The van der Waals surface area contributed by atoms with Gasteiger partial charge in [-0.15, -0.1) is 0 Å². The van der Waals surface area contributed by atoms with Gasteiger partial charge in [-0.05, 0) is 56.0 Å². The van der Waals surface area contributed by atoms with Crippen molar-refractivity contribution in [3.05, 3.63) is 59.2 Å². The summed E-state index contributed by atoms with van der Waals surface area (Å²) >= 11 is 0. The Balaban J connectivity index is 1.12. The van der Waals surface area contributed by atoms with Crippen LogP contribution in [0.1, 0.15) is 52.0 Å². The van der Waals surface area contributed by atoms with Gasteiger partial charge < -0.3 is 14.7 Å². The average Bonchev–Trinajstić information content (AvgIpc) is 3.73. The van der Waals surface area contributed by atoms with Gasteiger partial charge in [-0.2, -0.15) is 13.2 Å². The Morgan fingerprint density at radius 3 is 2.29 bits per heavy atom. The number of rotatable bonds is 4. The van der Waals surface area contributed by atoms with Gasteiger partial charge in [0.1, 0.15) is 0 Å². The summed E-state index contributed by atoms with van der Waals surface area (Å²) in [5, 5.41) is 0. The van der Waals surface area contributed by atoms with E-state index in [-0.39, 0.29) is 29.7 Å². The van der Waals surface area contributed by atoms with Crippen LogP contribution in [0.3, 0.4) is 0 Å². The van der Waals surface area contributed by atoms with Crippen LogP contribution in [-0.2, 0) is 11.0 Å². The first kappa shape index (κ1) is 24.8. The molecule has 6 rings (SSSR count). The molecule has 4 aliphatic rings. The van der Waals surface area contributed by atoms with Gasteiger partial charge in [0.2, 0.25) is 5.91 Å². The molecule has 7 nitrogen and oxygen atoms in total. The van der Waals surface area contributed by atoms with E-state index >= 15 is 0 Å². The highest BCUT2D eigenvalue weighted by molar-refractivity contribution is 6.24. The van der Waals surface area contributed by atoms with Crippen LogP contribution in [0.5, 0.6) is 0 Å². The van der Waals surface area contributed by atoms with Crippen molar-refractivity contribution in [2.45, 2.75) is 37.9 Å². The molecular formula is C28H29F3N4O3. The summed E-state index contributed by atoms with van der Waals surface area (Å²) in [6.07, 6.45) is -1.17. The molecule has 200 valence electrons. The van der Waals surface area contributed by atoms with Crippen molar-refractivity contribution >= 4 is 29.1 Å². The van der Waals surface area contributed by atoms with Gasteiger partial charge in [0.25, 0.3) is 11.8 Å². The second-order valence-electron chi connectivity index (χ2n) is 10.6. The normalized spacial score (nSPS) is 22.2. The van der Waals surface area contributed by atoms with E-state index in [4.69, 9.17) is 0 Å². The molecule has 2 saturated heterocycles. The first-order chi connectivity index (χ1) is 18.2. The molecule has 0 spiro atoms. The molecule has 2 aromatic rings. The highest BCUT2D eigenvalue weighted by Gasteiger charge is 2.46. The number of carbonyl (C=O) groups is 3. The summed E-state index contributed by atoms with van der Waals surface area (Å²) in [5.74, 6) is -0.667. The van der Waals surface area contributed by atoms with Crippen LogP contribution in [0.25, 0.3) is 0 Å². The minimum Gasteiger partial charge on any atom is -0.370 e. The predicted molar refractivity (Wildman–Crippen MR) is 135 cm³/mol. The second-order valence-corrected chi connectivity index (χ2v) is 10.6. The van der Waals surface area contributed by atoms with E-state index in [9.17, 15) is 27.6 Å². The van der Waals surface area contributed by atoms with E-state index in [0.717, 1.165) is 43.5 Å². The van der Waals surface area contributed by atoms with Crippen LogP contribution >= 0.6 is 0 Å².